The van der Waals surface area contributed by atoms with E-state index in [1.807, 2.05) is 30.3 Å². The number of furan rings is 1. The van der Waals surface area contributed by atoms with E-state index in [1.54, 1.807) is 27.0 Å². The van der Waals surface area contributed by atoms with Crippen LogP contribution in [0.3, 0.4) is 0 Å². The molecule has 0 bridgehead atoms. The van der Waals surface area contributed by atoms with Gasteiger partial charge in [0.25, 0.3) is 0 Å². The summed E-state index contributed by atoms with van der Waals surface area (Å²) in [5.41, 5.74) is 4.83. The SMILES string of the molecule is CCC(=O)NN=C(C)CC(=O)Nc1cc2oc3ccccc3c2cc1OC. The first-order valence-electron chi connectivity index (χ1n) is 8.63. The maximum Gasteiger partial charge on any atom is 0.239 e. The normalized spacial score (nSPS) is 11.6. The van der Waals surface area contributed by atoms with Gasteiger partial charge in [0.15, 0.2) is 0 Å². The zero-order valence-electron chi connectivity index (χ0n) is 15.5. The molecule has 140 valence electrons. The van der Waals surface area contributed by atoms with Crippen LogP contribution in [-0.4, -0.2) is 24.6 Å². The summed E-state index contributed by atoms with van der Waals surface area (Å²) in [7, 11) is 1.55. The van der Waals surface area contributed by atoms with Crippen LogP contribution >= 0.6 is 0 Å². The maximum atomic E-state index is 12.3. The second kappa shape index (κ2) is 7.90. The van der Waals surface area contributed by atoms with Gasteiger partial charge in [0.1, 0.15) is 16.9 Å². The fourth-order valence-electron chi connectivity index (χ4n) is 2.72. The summed E-state index contributed by atoms with van der Waals surface area (Å²) in [5, 5.41) is 8.62. The zero-order valence-corrected chi connectivity index (χ0v) is 15.5. The van der Waals surface area contributed by atoms with E-state index in [1.165, 1.54) is 0 Å². The molecular formula is C20H21N3O4. The monoisotopic (exact) mass is 367 g/mol. The molecule has 0 aliphatic rings. The minimum Gasteiger partial charge on any atom is -0.495 e. The maximum absolute atomic E-state index is 12.3. The molecule has 0 saturated heterocycles. The van der Waals surface area contributed by atoms with Crippen LogP contribution in [0.5, 0.6) is 5.75 Å². The second-order valence-corrected chi connectivity index (χ2v) is 6.11. The molecule has 0 aliphatic heterocycles. The van der Waals surface area contributed by atoms with E-state index in [4.69, 9.17) is 9.15 Å². The minimum atomic E-state index is -0.268. The van der Waals surface area contributed by atoms with Crippen molar-refractivity contribution in [3.05, 3.63) is 36.4 Å². The largest absolute Gasteiger partial charge is 0.495 e. The van der Waals surface area contributed by atoms with Gasteiger partial charge in [-0.3, -0.25) is 9.59 Å². The lowest BCUT2D eigenvalue weighted by atomic mass is 10.1. The highest BCUT2D eigenvalue weighted by Gasteiger charge is 2.14. The highest BCUT2D eigenvalue weighted by atomic mass is 16.5. The fraction of sp³-hybridized carbons (Fsp3) is 0.250. The number of nitrogens with one attached hydrogen (secondary N) is 2. The molecule has 0 radical (unpaired) electrons. The molecule has 3 rings (SSSR count). The Morgan fingerprint density at radius 3 is 2.63 bits per heavy atom. The number of ether oxygens (including phenoxy) is 1. The van der Waals surface area contributed by atoms with Crippen molar-refractivity contribution in [1.82, 2.24) is 5.43 Å². The van der Waals surface area contributed by atoms with E-state index in [0.717, 1.165) is 16.4 Å². The Balaban J connectivity index is 1.82. The Hall–Kier alpha value is -3.35. The van der Waals surface area contributed by atoms with Crippen molar-refractivity contribution < 1.29 is 18.7 Å². The van der Waals surface area contributed by atoms with E-state index in [9.17, 15) is 9.59 Å². The summed E-state index contributed by atoms with van der Waals surface area (Å²) < 4.78 is 11.3. The van der Waals surface area contributed by atoms with Gasteiger partial charge >= 0.3 is 0 Å². The third-order valence-electron chi connectivity index (χ3n) is 4.08. The van der Waals surface area contributed by atoms with E-state index < -0.39 is 0 Å². The summed E-state index contributed by atoms with van der Waals surface area (Å²) in [6, 6.07) is 11.3. The zero-order chi connectivity index (χ0) is 19.4. The van der Waals surface area contributed by atoms with Gasteiger partial charge in [-0.2, -0.15) is 5.10 Å². The topological polar surface area (TPSA) is 92.9 Å². The molecule has 0 unspecified atom stereocenters. The summed E-state index contributed by atoms with van der Waals surface area (Å²) in [6.07, 6.45) is 0.378. The molecule has 0 saturated carbocycles. The van der Waals surface area contributed by atoms with Gasteiger partial charge < -0.3 is 14.5 Å². The first-order chi connectivity index (χ1) is 13.0. The number of carbonyl (C=O) groups excluding carboxylic acids is 2. The number of benzene rings is 2. The fourth-order valence-corrected chi connectivity index (χ4v) is 2.72. The number of fused-ring (bicyclic) bond motifs is 3. The molecule has 27 heavy (non-hydrogen) atoms. The van der Waals surface area contributed by atoms with E-state index in [2.05, 4.69) is 15.8 Å². The van der Waals surface area contributed by atoms with Crippen molar-refractivity contribution in [1.29, 1.82) is 0 Å². The lowest BCUT2D eigenvalue weighted by molar-refractivity contribution is -0.121. The molecule has 2 N–H and O–H groups in total. The van der Waals surface area contributed by atoms with Crippen LogP contribution in [0.15, 0.2) is 45.9 Å². The number of hydrogen-bond donors (Lipinski definition) is 2. The van der Waals surface area contributed by atoms with Gasteiger partial charge in [0, 0.05) is 29.0 Å². The quantitative estimate of drug-likeness (QED) is 0.511. The van der Waals surface area contributed by atoms with Crippen LogP contribution in [-0.2, 0) is 9.59 Å². The van der Waals surface area contributed by atoms with Gasteiger partial charge in [-0.1, -0.05) is 25.1 Å². The second-order valence-electron chi connectivity index (χ2n) is 6.11. The number of nitrogens with zero attached hydrogens (tertiary/aromatic N) is 1. The lowest BCUT2D eigenvalue weighted by Crippen LogP contribution is -2.20. The number of rotatable bonds is 6. The lowest BCUT2D eigenvalue weighted by Gasteiger charge is -2.10. The Morgan fingerprint density at radius 2 is 1.89 bits per heavy atom. The van der Waals surface area contributed by atoms with Gasteiger partial charge in [-0.15, -0.1) is 0 Å². The van der Waals surface area contributed by atoms with Crippen molar-refractivity contribution in [2.45, 2.75) is 26.7 Å². The first-order valence-corrected chi connectivity index (χ1v) is 8.63. The third-order valence-corrected chi connectivity index (χ3v) is 4.08. The van der Waals surface area contributed by atoms with Crippen molar-refractivity contribution >= 4 is 45.2 Å². The first kappa shape index (κ1) is 18.4. The smallest absolute Gasteiger partial charge is 0.239 e. The van der Waals surface area contributed by atoms with E-state index >= 15 is 0 Å². The van der Waals surface area contributed by atoms with Gasteiger partial charge in [0.2, 0.25) is 11.8 Å². The van der Waals surface area contributed by atoms with Crippen LogP contribution in [0.2, 0.25) is 0 Å². The van der Waals surface area contributed by atoms with E-state index in [0.29, 0.717) is 29.2 Å². The third kappa shape index (κ3) is 4.08. The standard InChI is InChI=1S/C20H21N3O4/c1-4-19(24)23-22-12(2)9-20(25)21-15-11-17-14(10-18(15)26-3)13-7-5-6-8-16(13)27-17/h5-8,10-11H,4,9H2,1-3H3,(H,21,25)(H,23,24). The average molecular weight is 367 g/mol. The predicted octanol–water partition coefficient (Wildman–Crippen LogP) is 3.83. The molecule has 1 aromatic heterocycles. The molecule has 0 aliphatic carbocycles. The van der Waals surface area contributed by atoms with Crippen molar-refractivity contribution in [3.8, 4) is 5.75 Å². The molecule has 2 amide bonds. The van der Waals surface area contributed by atoms with Crippen LogP contribution in [0.25, 0.3) is 21.9 Å². The Labute approximate surface area is 156 Å². The predicted molar refractivity (Wildman–Crippen MR) is 105 cm³/mol. The summed E-state index contributed by atoms with van der Waals surface area (Å²) >= 11 is 0. The minimum absolute atomic E-state index is 0.0469. The van der Waals surface area contributed by atoms with Gasteiger partial charge in [-0.05, 0) is 19.1 Å². The highest BCUT2D eigenvalue weighted by Crippen LogP contribution is 2.36. The van der Waals surface area contributed by atoms with Crippen molar-refractivity contribution in [3.63, 3.8) is 0 Å². The van der Waals surface area contributed by atoms with Gasteiger partial charge in [-0.25, -0.2) is 5.43 Å². The highest BCUT2D eigenvalue weighted by molar-refractivity contribution is 6.10. The number of para-hydroxylation sites is 1. The van der Waals surface area contributed by atoms with Crippen molar-refractivity contribution in [2.24, 2.45) is 5.10 Å². The number of methoxy groups -OCH3 is 1. The molecule has 0 atom stereocenters. The summed E-state index contributed by atoms with van der Waals surface area (Å²) in [6.45, 7) is 3.41. The molecule has 3 aromatic rings. The Morgan fingerprint density at radius 1 is 1.11 bits per heavy atom. The molecule has 7 nitrogen and oxygen atoms in total. The number of anilines is 1. The van der Waals surface area contributed by atoms with Crippen LogP contribution < -0.4 is 15.5 Å². The number of carbonyl (C=O) groups is 2. The number of hydrazone groups is 1. The van der Waals surface area contributed by atoms with Crippen LogP contribution in [0.4, 0.5) is 5.69 Å². The van der Waals surface area contributed by atoms with E-state index in [-0.39, 0.29) is 18.2 Å². The Kier molecular flexibility index (Phi) is 5.40. The van der Waals surface area contributed by atoms with Crippen molar-refractivity contribution in [2.75, 3.05) is 12.4 Å². The number of amides is 2. The molecule has 7 heteroatoms. The number of hydrogen-bond acceptors (Lipinski definition) is 5. The summed E-state index contributed by atoms with van der Waals surface area (Å²) in [4.78, 5) is 23.6. The van der Waals surface area contributed by atoms with Gasteiger partial charge in [0.05, 0.1) is 19.2 Å². The van der Waals surface area contributed by atoms with Crippen LogP contribution in [0.1, 0.15) is 26.7 Å². The molecule has 0 fully saturated rings. The molecule has 1 heterocycles. The Bertz CT molecular complexity index is 1040. The molecule has 0 spiro atoms. The molecular weight excluding hydrogens is 346 g/mol. The molecule has 2 aromatic carbocycles. The average Bonchev–Trinajstić information content (AvgIpc) is 3.02. The summed E-state index contributed by atoms with van der Waals surface area (Å²) in [5.74, 6) is 0.0683. The van der Waals surface area contributed by atoms with Crippen LogP contribution in [0, 0.1) is 0 Å².